The van der Waals surface area contributed by atoms with Gasteiger partial charge >= 0.3 is 0 Å². The van der Waals surface area contributed by atoms with Crippen LogP contribution in [0.1, 0.15) is 11.3 Å². The van der Waals surface area contributed by atoms with Crippen molar-refractivity contribution in [1.29, 1.82) is 0 Å². The van der Waals surface area contributed by atoms with Gasteiger partial charge in [-0.1, -0.05) is 30.3 Å². The van der Waals surface area contributed by atoms with Gasteiger partial charge in [-0.05, 0) is 5.56 Å². The Bertz CT molecular complexity index is 832. The van der Waals surface area contributed by atoms with Gasteiger partial charge in [-0.3, -0.25) is 9.89 Å². The van der Waals surface area contributed by atoms with Crippen molar-refractivity contribution in [3.63, 3.8) is 0 Å². The standard InChI is InChI=1S/C15H14N4O/c20-15-11-9-16-7-6-12(11)17-14-8-13(18-19(14)15)10-4-2-1-3-5-10/h1-5,8,16,18H,6-7,9H2. The molecule has 0 atom stereocenters. The number of nitrogens with one attached hydrogen (secondary N) is 2. The van der Waals surface area contributed by atoms with Gasteiger partial charge in [-0.2, -0.15) is 0 Å². The minimum Gasteiger partial charge on any atom is -0.312 e. The van der Waals surface area contributed by atoms with Crippen LogP contribution in [0.2, 0.25) is 0 Å². The molecular formula is C15H14N4O. The maximum absolute atomic E-state index is 12.5. The van der Waals surface area contributed by atoms with E-state index in [1.807, 2.05) is 36.4 Å². The van der Waals surface area contributed by atoms with Crippen LogP contribution >= 0.6 is 0 Å². The van der Waals surface area contributed by atoms with Crippen molar-refractivity contribution in [3.05, 3.63) is 58.0 Å². The number of nitrogens with zero attached hydrogens (tertiary/aromatic N) is 2. The molecule has 0 bridgehead atoms. The molecule has 0 aliphatic carbocycles. The molecule has 0 saturated carbocycles. The Kier molecular flexibility index (Phi) is 2.47. The van der Waals surface area contributed by atoms with Gasteiger partial charge in [0, 0.05) is 25.6 Å². The molecule has 4 rings (SSSR count). The molecule has 3 heterocycles. The van der Waals surface area contributed by atoms with Crippen molar-refractivity contribution >= 4 is 5.65 Å². The molecular weight excluding hydrogens is 252 g/mol. The number of aromatic nitrogens is 3. The number of fused-ring (bicyclic) bond motifs is 2. The summed E-state index contributed by atoms with van der Waals surface area (Å²) >= 11 is 0. The fourth-order valence-corrected chi connectivity index (χ4v) is 2.68. The quantitative estimate of drug-likeness (QED) is 0.698. The Labute approximate surface area is 115 Å². The first-order valence-electron chi connectivity index (χ1n) is 6.72. The molecule has 100 valence electrons. The van der Waals surface area contributed by atoms with E-state index < -0.39 is 0 Å². The Morgan fingerprint density at radius 2 is 2.05 bits per heavy atom. The third kappa shape index (κ3) is 1.67. The second kappa shape index (κ2) is 4.31. The van der Waals surface area contributed by atoms with Gasteiger partial charge in [-0.15, -0.1) is 0 Å². The number of hydrogen-bond acceptors (Lipinski definition) is 3. The van der Waals surface area contributed by atoms with Crippen LogP contribution in [0.4, 0.5) is 0 Å². The predicted octanol–water partition coefficient (Wildman–Crippen LogP) is 1.34. The molecule has 0 radical (unpaired) electrons. The van der Waals surface area contributed by atoms with E-state index in [0.717, 1.165) is 35.5 Å². The van der Waals surface area contributed by atoms with Gasteiger partial charge < -0.3 is 5.32 Å². The van der Waals surface area contributed by atoms with Crippen LogP contribution in [0.3, 0.4) is 0 Å². The lowest BCUT2D eigenvalue weighted by atomic mass is 10.1. The average molecular weight is 266 g/mol. The zero-order valence-corrected chi connectivity index (χ0v) is 10.9. The fourth-order valence-electron chi connectivity index (χ4n) is 2.68. The lowest BCUT2D eigenvalue weighted by Crippen LogP contribution is -2.33. The fraction of sp³-hybridized carbons (Fsp3) is 0.200. The van der Waals surface area contributed by atoms with E-state index in [9.17, 15) is 4.79 Å². The Morgan fingerprint density at radius 1 is 1.20 bits per heavy atom. The first-order chi connectivity index (χ1) is 9.83. The monoisotopic (exact) mass is 266 g/mol. The lowest BCUT2D eigenvalue weighted by molar-refractivity contribution is 0.617. The summed E-state index contributed by atoms with van der Waals surface area (Å²) in [6, 6.07) is 11.9. The summed E-state index contributed by atoms with van der Waals surface area (Å²) in [5, 5.41) is 6.36. The summed E-state index contributed by atoms with van der Waals surface area (Å²) in [7, 11) is 0. The highest BCUT2D eigenvalue weighted by atomic mass is 16.1. The van der Waals surface area contributed by atoms with Crippen LogP contribution in [0.15, 0.2) is 41.2 Å². The summed E-state index contributed by atoms with van der Waals surface area (Å²) in [5.41, 5.74) is 4.34. The Hall–Kier alpha value is -2.40. The zero-order valence-electron chi connectivity index (χ0n) is 10.9. The highest BCUT2D eigenvalue weighted by Crippen LogP contribution is 2.18. The van der Waals surface area contributed by atoms with Crippen LogP contribution in [0.5, 0.6) is 0 Å². The summed E-state index contributed by atoms with van der Waals surface area (Å²) < 4.78 is 1.54. The maximum atomic E-state index is 12.5. The molecule has 1 aromatic carbocycles. The van der Waals surface area contributed by atoms with Crippen LogP contribution in [-0.4, -0.2) is 21.1 Å². The van der Waals surface area contributed by atoms with E-state index >= 15 is 0 Å². The minimum atomic E-state index is -0.000573. The molecule has 3 aromatic rings. The third-order valence-electron chi connectivity index (χ3n) is 3.72. The minimum absolute atomic E-state index is 0.000573. The van der Waals surface area contributed by atoms with Crippen molar-refractivity contribution in [2.45, 2.75) is 13.0 Å². The number of benzene rings is 1. The number of rotatable bonds is 1. The van der Waals surface area contributed by atoms with Gasteiger partial charge in [0.2, 0.25) is 0 Å². The molecule has 1 aliphatic rings. The van der Waals surface area contributed by atoms with Crippen molar-refractivity contribution in [3.8, 4) is 11.3 Å². The van der Waals surface area contributed by atoms with Gasteiger partial charge in [0.15, 0.2) is 5.65 Å². The van der Waals surface area contributed by atoms with Crippen LogP contribution in [0, 0.1) is 0 Å². The van der Waals surface area contributed by atoms with Crippen molar-refractivity contribution < 1.29 is 0 Å². The second-order valence-electron chi connectivity index (χ2n) is 5.00. The molecule has 5 nitrogen and oxygen atoms in total. The second-order valence-corrected chi connectivity index (χ2v) is 5.00. The highest BCUT2D eigenvalue weighted by Gasteiger charge is 2.17. The molecule has 2 N–H and O–H groups in total. The normalized spacial score (nSPS) is 14.4. The summed E-state index contributed by atoms with van der Waals surface area (Å²) in [6.45, 7) is 1.48. The first-order valence-corrected chi connectivity index (χ1v) is 6.72. The van der Waals surface area contributed by atoms with E-state index in [1.54, 1.807) is 0 Å². The highest BCUT2D eigenvalue weighted by molar-refractivity contribution is 5.64. The average Bonchev–Trinajstić information content (AvgIpc) is 2.93. The van der Waals surface area contributed by atoms with Gasteiger partial charge in [0.25, 0.3) is 5.56 Å². The third-order valence-corrected chi connectivity index (χ3v) is 3.72. The molecule has 2 aromatic heterocycles. The van der Waals surface area contributed by atoms with E-state index in [0.29, 0.717) is 12.2 Å². The molecule has 0 saturated heterocycles. The largest absolute Gasteiger partial charge is 0.312 e. The van der Waals surface area contributed by atoms with Gasteiger partial charge in [-0.25, -0.2) is 9.50 Å². The van der Waals surface area contributed by atoms with E-state index in [4.69, 9.17) is 0 Å². The van der Waals surface area contributed by atoms with Crippen LogP contribution < -0.4 is 10.9 Å². The predicted molar refractivity (Wildman–Crippen MR) is 76.7 cm³/mol. The Balaban J connectivity index is 1.96. The van der Waals surface area contributed by atoms with Gasteiger partial charge in [0.05, 0.1) is 17.0 Å². The summed E-state index contributed by atoms with van der Waals surface area (Å²) in [6.07, 6.45) is 0.812. The zero-order chi connectivity index (χ0) is 13.5. The molecule has 5 heteroatoms. The van der Waals surface area contributed by atoms with E-state index in [-0.39, 0.29) is 5.56 Å². The molecule has 1 aliphatic heterocycles. The lowest BCUT2D eigenvalue weighted by Gasteiger charge is -2.14. The van der Waals surface area contributed by atoms with Crippen LogP contribution in [-0.2, 0) is 13.0 Å². The van der Waals surface area contributed by atoms with E-state index in [2.05, 4.69) is 15.4 Å². The van der Waals surface area contributed by atoms with Crippen molar-refractivity contribution in [1.82, 2.24) is 19.9 Å². The molecule has 0 unspecified atom stereocenters. The molecule has 20 heavy (non-hydrogen) atoms. The number of aromatic amines is 1. The first kappa shape index (κ1) is 11.4. The SMILES string of the molecule is O=c1c2c(nc3cc(-c4ccccc4)[nH]n13)CCNC2. The number of H-pyrrole nitrogens is 1. The topological polar surface area (TPSA) is 62.2 Å². The van der Waals surface area contributed by atoms with Crippen molar-refractivity contribution in [2.24, 2.45) is 0 Å². The molecule has 0 fully saturated rings. The summed E-state index contributed by atoms with van der Waals surface area (Å²) in [4.78, 5) is 17.1. The smallest absolute Gasteiger partial charge is 0.277 e. The van der Waals surface area contributed by atoms with Crippen LogP contribution in [0.25, 0.3) is 16.9 Å². The van der Waals surface area contributed by atoms with Gasteiger partial charge in [0.1, 0.15) is 0 Å². The molecule has 0 amide bonds. The maximum Gasteiger partial charge on any atom is 0.277 e. The number of hydrogen-bond donors (Lipinski definition) is 2. The summed E-state index contributed by atoms with van der Waals surface area (Å²) in [5.74, 6) is 0. The van der Waals surface area contributed by atoms with Crippen molar-refractivity contribution in [2.75, 3.05) is 6.54 Å². The Morgan fingerprint density at radius 3 is 2.90 bits per heavy atom. The van der Waals surface area contributed by atoms with E-state index in [1.165, 1.54) is 4.52 Å². The molecule has 0 spiro atoms.